The second-order valence-electron chi connectivity index (χ2n) is 4.13. The Morgan fingerprint density at radius 2 is 2.10 bits per heavy atom. The van der Waals surface area contributed by atoms with Crippen LogP contribution in [0.3, 0.4) is 0 Å². The van der Waals surface area contributed by atoms with Crippen molar-refractivity contribution < 1.29 is 14.4 Å². The summed E-state index contributed by atoms with van der Waals surface area (Å²) in [6, 6.07) is 5.68. The van der Waals surface area contributed by atoms with Gasteiger partial charge in [-0.15, -0.1) is 5.92 Å². The number of nitrogens with zero attached hydrogens (tertiary/aromatic N) is 1. The third-order valence-corrected chi connectivity index (χ3v) is 3.08. The van der Waals surface area contributed by atoms with Gasteiger partial charge >= 0.3 is 6.03 Å². The number of benzene rings is 1. The second-order valence-corrected chi connectivity index (χ2v) is 4.57. The number of barbiturate groups is 1. The zero-order valence-corrected chi connectivity index (χ0v) is 11.4. The minimum atomic E-state index is -1.08. The lowest BCUT2D eigenvalue weighted by Gasteiger charge is -2.29. The second kappa shape index (κ2) is 5.76. The molecule has 1 aromatic carbocycles. The molecule has 1 saturated heterocycles. The number of rotatable bonds is 2. The van der Waals surface area contributed by atoms with E-state index < -0.39 is 23.8 Å². The molecule has 0 aromatic heterocycles. The van der Waals surface area contributed by atoms with Gasteiger partial charge in [-0.1, -0.05) is 29.7 Å². The zero-order valence-electron chi connectivity index (χ0n) is 10.6. The van der Waals surface area contributed by atoms with E-state index in [9.17, 15) is 14.4 Å². The van der Waals surface area contributed by atoms with Gasteiger partial charge in [0.2, 0.25) is 11.8 Å². The van der Waals surface area contributed by atoms with Crippen molar-refractivity contribution in [1.29, 1.82) is 0 Å². The van der Waals surface area contributed by atoms with Gasteiger partial charge in [-0.05, 0) is 24.6 Å². The van der Waals surface area contributed by atoms with Crippen LogP contribution in [0.25, 0.3) is 0 Å². The van der Waals surface area contributed by atoms with Crippen LogP contribution in [0.5, 0.6) is 0 Å². The summed E-state index contributed by atoms with van der Waals surface area (Å²) >= 11 is 5.86. The van der Waals surface area contributed by atoms with E-state index in [4.69, 9.17) is 11.6 Å². The normalized spacial score (nSPS) is 18.4. The lowest BCUT2D eigenvalue weighted by molar-refractivity contribution is -0.138. The summed E-state index contributed by atoms with van der Waals surface area (Å²) in [6.07, 6.45) is 0. The van der Waals surface area contributed by atoms with Crippen molar-refractivity contribution in [3.05, 3.63) is 34.9 Å². The quantitative estimate of drug-likeness (QED) is 0.663. The van der Waals surface area contributed by atoms with E-state index in [0.717, 1.165) is 4.90 Å². The van der Waals surface area contributed by atoms with Crippen molar-refractivity contribution in [2.45, 2.75) is 12.8 Å². The van der Waals surface area contributed by atoms with Crippen LogP contribution in [0.1, 0.15) is 18.4 Å². The molecule has 0 aliphatic carbocycles. The molecule has 1 aliphatic rings. The predicted molar refractivity (Wildman–Crippen MR) is 72.9 cm³/mol. The van der Waals surface area contributed by atoms with E-state index in [2.05, 4.69) is 17.2 Å². The van der Waals surface area contributed by atoms with Gasteiger partial charge in [0.05, 0.1) is 6.54 Å². The fraction of sp³-hybridized carbons (Fsp3) is 0.214. The molecule has 1 atom stereocenters. The van der Waals surface area contributed by atoms with Crippen LogP contribution in [0, 0.1) is 11.8 Å². The largest absolute Gasteiger partial charge is 0.331 e. The summed E-state index contributed by atoms with van der Waals surface area (Å²) in [6.45, 7) is 1.55. The van der Waals surface area contributed by atoms with E-state index in [1.807, 2.05) is 0 Å². The Morgan fingerprint density at radius 1 is 1.35 bits per heavy atom. The lowest BCUT2D eigenvalue weighted by atomic mass is 9.95. The minimum Gasteiger partial charge on any atom is -0.277 e. The molecule has 1 aliphatic heterocycles. The van der Waals surface area contributed by atoms with Crippen molar-refractivity contribution in [2.75, 3.05) is 6.54 Å². The first kappa shape index (κ1) is 14.1. The van der Waals surface area contributed by atoms with Crippen molar-refractivity contribution in [3.63, 3.8) is 0 Å². The van der Waals surface area contributed by atoms with Crippen LogP contribution in [-0.2, 0) is 9.59 Å². The smallest absolute Gasteiger partial charge is 0.277 e. The first-order chi connectivity index (χ1) is 9.54. The molecular weight excluding hydrogens is 280 g/mol. The maximum atomic E-state index is 12.3. The van der Waals surface area contributed by atoms with Crippen LogP contribution < -0.4 is 5.32 Å². The molecule has 102 valence electrons. The number of carbonyl (C=O) groups is 3. The molecule has 0 spiro atoms. The maximum Gasteiger partial charge on any atom is 0.331 e. The number of hydrogen-bond donors (Lipinski definition) is 1. The van der Waals surface area contributed by atoms with Gasteiger partial charge in [0.15, 0.2) is 0 Å². The predicted octanol–water partition coefficient (Wildman–Crippen LogP) is 1.53. The first-order valence-electron chi connectivity index (χ1n) is 5.86. The monoisotopic (exact) mass is 290 g/mol. The first-order valence-corrected chi connectivity index (χ1v) is 6.23. The Bertz CT molecular complexity index is 645. The van der Waals surface area contributed by atoms with Gasteiger partial charge in [0, 0.05) is 5.02 Å². The van der Waals surface area contributed by atoms with E-state index in [0.29, 0.717) is 10.6 Å². The van der Waals surface area contributed by atoms with E-state index >= 15 is 0 Å². The number of urea groups is 1. The molecule has 1 N–H and O–H groups in total. The van der Waals surface area contributed by atoms with Crippen molar-refractivity contribution >= 4 is 29.4 Å². The number of imide groups is 2. The van der Waals surface area contributed by atoms with E-state index in [1.165, 1.54) is 6.07 Å². The SMILES string of the molecule is CC#CCN1C(=O)NC(=O)C(c2cccc(Cl)c2)C1=O. The highest BCUT2D eigenvalue weighted by molar-refractivity contribution is 6.30. The van der Waals surface area contributed by atoms with Crippen LogP contribution in [-0.4, -0.2) is 29.3 Å². The molecule has 0 saturated carbocycles. The lowest BCUT2D eigenvalue weighted by Crippen LogP contribution is -2.56. The van der Waals surface area contributed by atoms with Crippen molar-refractivity contribution in [2.24, 2.45) is 0 Å². The Balaban J connectivity index is 2.36. The molecule has 2 rings (SSSR count). The Kier molecular flexibility index (Phi) is 4.06. The number of carbonyl (C=O) groups excluding carboxylic acids is 3. The highest BCUT2D eigenvalue weighted by Crippen LogP contribution is 2.24. The molecule has 4 amide bonds. The highest BCUT2D eigenvalue weighted by Gasteiger charge is 2.41. The topological polar surface area (TPSA) is 66.5 Å². The fourth-order valence-electron chi connectivity index (χ4n) is 1.90. The summed E-state index contributed by atoms with van der Waals surface area (Å²) in [5.41, 5.74) is 0.446. The summed E-state index contributed by atoms with van der Waals surface area (Å²) in [5.74, 6) is 2.91. The molecule has 1 heterocycles. The fourth-order valence-corrected chi connectivity index (χ4v) is 2.10. The van der Waals surface area contributed by atoms with Gasteiger partial charge < -0.3 is 0 Å². The minimum absolute atomic E-state index is 0.0501. The molecular formula is C14H11ClN2O3. The summed E-state index contributed by atoms with van der Waals surface area (Å²) in [5, 5.41) is 2.57. The van der Waals surface area contributed by atoms with Gasteiger partial charge in [0.25, 0.3) is 0 Å². The van der Waals surface area contributed by atoms with Crippen LogP contribution in [0.2, 0.25) is 5.02 Å². The van der Waals surface area contributed by atoms with Crippen LogP contribution >= 0.6 is 11.6 Å². The molecule has 1 aromatic rings. The molecule has 20 heavy (non-hydrogen) atoms. The Hall–Kier alpha value is -2.32. The van der Waals surface area contributed by atoms with Gasteiger partial charge in [-0.3, -0.25) is 19.8 Å². The molecule has 0 bridgehead atoms. The van der Waals surface area contributed by atoms with Gasteiger partial charge in [-0.25, -0.2) is 4.79 Å². The molecule has 5 nitrogen and oxygen atoms in total. The summed E-state index contributed by atoms with van der Waals surface area (Å²) in [7, 11) is 0. The molecule has 0 radical (unpaired) electrons. The van der Waals surface area contributed by atoms with Crippen molar-refractivity contribution in [1.82, 2.24) is 10.2 Å². The third-order valence-electron chi connectivity index (χ3n) is 2.85. The number of nitrogens with one attached hydrogen (secondary N) is 1. The zero-order chi connectivity index (χ0) is 14.7. The van der Waals surface area contributed by atoms with Crippen LogP contribution in [0.4, 0.5) is 4.79 Å². The molecule has 1 fully saturated rings. The number of amides is 4. The van der Waals surface area contributed by atoms with Crippen molar-refractivity contribution in [3.8, 4) is 11.8 Å². The summed E-state index contributed by atoms with van der Waals surface area (Å²) in [4.78, 5) is 36.7. The molecule has 1 unspecified atom stereocenters. The third kappa shape index (κ3) is 2.65. The summed E-state index contributed by atoms with van der Waals surface area (Å²) < 4.78 is 0. The Morgan fingerprint density at radius 3 is 2.75 bits per heavy atom. The van der Waals surface area contributed by atoms with E-state index in [-0.39, 0.29) is 6.54 Å². The average Bonchev–Trinajstić information content (AvgIpc) is 2.38. The maximum absolute atomic E-state index is 12.3. The van der Waals surface area contributed by atoms with Crippen LogP contribution in [0.15, 0.2) is 24.3 Å². The highest BCUT2D eigenvalue weighted by atomic mass is 35.5. The number of halogens is 1. The molecule has 6 heteroatoms. The van der Waals surface area contributed by atoms with E-state index in [1.54, 1.807) is 25.1 Å². The van der Waals surface area contributed by atoms with Gasteiger partial charge in [0.1, 0.15) is 5.92 Å². The standard InChI is InChI=1S/C14H11ClN2O3/c1-2-3-7-17-13(19)11(12(18)16-14(17)20)9-5-4-6-10(15)8-9/h4-6,8,11H,7H2,1H3,(H,16,18,20). The van der Waals surface area contributed by atoms with Gasteiger partial charge in [-0.2, -0.15) is 0 Å². The number of hydrogen-bond acceptors (Lipinski definition) is 3. The average molecular weight is 291 g/mol. The Labute approximate surface area is 120 Å².